The third kappa shape index (κ3) is 5.27. The van der Waals surface area contributed by atoms with E-state index in [0.29, 0.717) is 0 Å². The second-order valence-corrected chi connectivity index (χ2v) is 6.16. The van der Waals surface area contributed by atoms with Crippen LogP contribution in [0.25, 0.3) is 0 Å². The lowest BCUT2D eigenvalue weighted by Gasteiger charge is -2.32. The van der Waals surface area contributed by atoms with Crippen molar-refractivity contribution in [2.24, 2.45) is 11.8 Å². The van der Waals surface area contributed by atoms with Gasteiger partial charge in [0, 0.05) is 6.04 Å². The molecule has 0 aromatic heterocycles. The predicted molar refractivity (Wildman–Crippen MR) is 81.0 cm³/mol. The molecule has 1 N–H and O–H groups in total. The van der Waals surface area contributed by atoms with Gasteiger partial charge in [0.25, 0.3) is 0 Å². The molecule has 1 heterocycles. The lowest BCUT2D eigenvalue weighted by molar-refractivity contribution is 0.163. The van der Waals surface area contributed by atoms with Gasteiger partial charge in [-0.2, -0.15) is 0 Å². The highest BCUT2D eigenvalue weighted by Crippen LogP contribution is 2.23. The average molecular weight is 254 g/mol. The molecule has 3 unspecified atom stereocenters. The van der Waals surface area contributed by atoms with Crippen LogP contribution in [-0.4, -0.2) is 37.1 Å². The third-order valence-corrected chi connectivity index (χ3v) is 4.75. The number of rotatable bonds is 7. The Balaban J connectivity index is 2.33. The summed E-state index contributed by atoms with van der Waals surface area (Å²) in [5.41, 5.74) is 0. The van der Waals surface area contributed by atoms with Gasteiger partial charge in [-0.25, -0.2) is 0 Å². The Hall–Kier alpha value is -0.0800. The summed E-state index contributed by atoms with van der Waals surface area (Å²) in [5, 5.41) is 3.56. The molecule has 1 aliphatic heterocycles. The molecule has 0 aromatic carbocycles. The first kappa shape index (κ1) is 16.0. The monoisotopic (exact) mass is 254 g/mol. The van der Waals surface area contributed by atoms with Crippen LogP contribution < -0.4 is 5.32 Å². The molecule has 2 heteroatoms. The minimum atomic E-state index is 0.727. The van der Waals surface area contributed by atoms with E-state index in [9.17, 15) is 0 Å². The van der Waals surface area contributed by atoms with Crippen LogP contribution in [-0.2, 0) is 0 Å². The number of nitrogens with zero attached hydrogens (tertiary/aromatic N) is 1. The van der Waals surface area contributed by atoms with Crippen LogP contribution in [0.4, 0.5) is 0 Å². The molecule has 18 heavy (non-hydrogen) atoms. The summed E-state index contributed by atoms with van der Waals surface area (Å²) < 4.78 is 0. The third-order valence-electron chi connectivity index (χ3n) is 4.75. The molecule has 2 nitrogen and oxygen atoms in total. The van der Waals surface area contributed by atoms with E-state index in [2.05, 4.69) is 37.9 Å². The minimum absolute atomic E-state index is 0.727. The van der Waals surface area contributed by atoms with Crippen LogP contribution in [0.3, 0.4) is 0 Å². The average Bonchev–Trinajstić information content (AvgIpc) is 2.63. The Morgan fingerprint density at radius 1 is 1.17 bits per heavy atom. The normalized spacial score (nSPS) is 25.7. The highest BCUT2D eigenvalue weighted by molar-refractivity contribution is 4.78. The van der Waals surface area contributed by atoms with Gasteiger partial charge in [0.05, 0.1) is 0 Å². The van der Waals surface area contributed by atoms with E-state index in [1.807, 2.05) is 0 Å². The highest BCUT2D eigenvalue weighted by Gasteiger charge is 2.23. The first-order valence-electron chi connectivity index (χ1n) is 8.13. The summed E-state index contributed by atoms with van der Waals surface area (Å²) in [5.74, 6) is 1.74. The molecule has 0 spiro atoms. The van der Waals surface area contributed by atoms with Crippen LogP contribution in [0.15, 0.2) is 0 Å². The van der Waals surface area contributed by atoms with Gasteiger partial charge in [-0.3, -0.25) is 0 Å². The van der Waals surface area contributed by atoms with E-state index in [4.69, 9.17) is 0 Å². The van der Waals surface area contributed by atoms with Gasteiger partial charge in [0.2, 0.25) is 0 Å². The molecule has 0 aliphatic carbocycles. The lowest BCUT2D eigenvalue weighted by atomic mass is 9.98. The smallest absolute Gasteiger partial charge is 0.0105 e. The molecular weight excluding hydrogens is 220 g/mol. The Labute approximate surface area is 115 Å². The Bertz CT molecular complexity index is 205. The quantitative estimate of drug-likeness (QED) is 0.699. The molecule has 1 rings (SSSR count). The van der Waals surface area contributed by atoms with Gasteiger partial charge in [-0.1, -0.05) is 27.2 Å². The molecule has 108 valence electrons. The molecule has 1 aliphatic rings. The van der Waals surface area contributed by atoms with E-state index in [1.165, 1.54) is 51.7 Å². The van der Waals surface area contributed by atoms with Crippen LogP contribution in [0, 0.1) is 11.8 Å². The first-order valence-corrected chi connectivity index (χ1v) is 8.13. The minimum Gasteiger partial charge on any atom is -0.316 e. The largest absolute Gasteiger partial charge is 0.316 e. The van der Waals surface area contributed by atoms with E-state index < -0.39 is 0 Å². The number of hydrogen-bond donors (Lipinski definition) is 1. The van der Waals surface area contributed by atoms with Crippen molar-refractivity contribution in [1.82, 2.24) is 10.2 Å². The maximum atomic E-state index is 3.56. The number of likely N-dealkylation sites (tertiary alicyclic amines) is 1. The highest BCUT2D eigenvalue weighted by atomic mass is 15.2. The molecule has 0 saturated carbocycles. The van der Waals surface area contributed by atoms with Crippen LogP contribution in [0.2, 0.25) is 0 Å². The summed E-state index contributed by atoms with van der Waals surface area (Å²) in [6, 6.07) is 0.727. The van der Waals surface area contributed by atoms with Crippen LogP contribution in [0.5, 0.6) is 0 Å². The number of hydrogen-bond acceptors (Lipinski definition) is 2. The molecule has 1 fully saturated rings. The maximum Gasteiger partial charge on any atom is 0.0105 e. The molecule has 3 atom stereocenters. The summed E-state index contributed by atoms with van der Waals surface area (Å²) in [7, 11) is 0. The number of nitrogens with one attached hydrogen (secondary N) is 1. The van der Waals surface area contributed by atoms with Gasteiger partial charge in [-0.15, -0.1) is 0 Å². The Kier molecular flexibility index (Phi) is 7.92. The maximum absolute atomic E-state index is 3.56. The van der Waals surface area contributed by atoms with Gasteiger partial charge in [-0.05, 0) is 70.6 Å². The fraction of sp³-hybridized carbons (Fsp3) is 1.00. The van der Waals surface area contributed by atoms with E-state index in [-0.39, 0.29) is 0 Å². The van der Waals surface area contributed by atoms with Crippen molar-refractivity contribution >= 4 is 0 Å². The van der Waals surface area contributed by atoms with Crippen molar-refractivity contribution in [1.29, 1.82) is 0 Å². The van der Waals surface area contributed by atoms with Gasteiger partial charge in [0.15, 0.2) is 0 Å². The van der Waals surface area contributed by atoms with Crippen molar-refractivity contribution in [2.75, 3.05) is 26.2 Å². The molecular formula is C16H34N2. The molecule has 0 bridgehead atoms. The van der Waals surface area contributed by atoms with Crippen molar-refractivity contribution < 1.29 is 0 Å². The topological polar surface area (TPSA) is 15.3 Å². The van der Waals surface area contributed by atoms with E-state index in [1.54, 1.807) is 0 Å². The zero-order chi connectivity index (χ0) is 13.4. The van der Waals surface area contributed by atoms with Crippen molar-refractivity contribution in [3.63, 3.8) is 0 Å². The summed E-state index contributed by atoms with van der Waals surface area (Å²) in [4.78, 5) is 2.73. The first-order chi connectivity index (χ1) is 8.69. The standard InChI is InChI=1S/C16H34N2/c1-5-10-17-13-14(3)15(4)18-11-7-8-16(6-2)9-12-18/h14-17H,5-13H2,1-4H3. The molecule has 0 amide bonds. The molecule has 0 aromatic rings. The van der Waals surface area contributed by atoms with Crippen LogP contribution in [0.1, 0.15) is 59.8 Å². The summed E-state index contributed by atoms with van der Waals surface area (Å²) in [6.45, 7) is 14.4. The Morgan fingerprint density at radius 3 is 2.61 bits per heavy atom. The van der Waals surface area contributed by atoms with E-state index in [0.717, 1.165) is 24.4 Å². The second kappa shape index (κ2) is 8.92. The van der Waals surface area contributed by atoms with Crippen molar-refractivity contribution in [3.8, 4) is 0 Å². The van der Waals surface area contributed by atoms with Crippen molar-refractivity contribution in [2.45, 2.75) is 65.8 Å². The lowest BCUT2D eigenvalue weighted by Crippen LogP contribution is -2.41. The second-order valence-electron chi connectivity index (χ2n) is 6.16. The summed E-state index contributed by atoms with van der Waals surface area (Å²) >= 11 is 0. The SMILES string of the molecule is CCCNCC(C)C(C)N1CCCC(CC)CC1. The predicted octanol–water partition coefficient (Wildman–Crippen LogP) is 3.52. The molecule has 1 saturated heterocycles. The van der Waals surface area contributed by atoms with Crippen molar-refractivity contribution in [3.05, 3.63) is 0 Å². The van der Waals surface area contributed by atoms with Gasteiger partial charge in [0.1, 0.15) is 0 Å². The Morgan fingerprint density at radius 2 is 1.94 bits per heavy atom. The zero-order valence-corrected chi connectivity index (χ0v) is 13.0. The summed E-state index contributed by atoms with van der Waals surface area (Å²) in [6.07, 6.45) is 6.87. The zero-order valence-electron chi connectivity index (χ0n) is 13.0. The van der Waals surface area contributed by atoms with Gasteiger partial charge >= 0.3 is 0 Å². The van der Waals surface area contributed by atoms with E-state index >= 15 is 0 Å². The fourth-order valence-electron chi connectivity index (χ4n) is 3.04. The van der Waals surface area contributed by atoms with Gasteiger partial charge < -0.3 is 10.2 Å². The molecule has 0 radical (unpaired) electrons. The fourth-order valence-corrected chi connectivity index (χ4v) is 3.04. The van der Waals surface area contributed by atoms with Crippen LogP contribution >= 0.6 is 0 Å².